The summed E-state index contributed by atoms with van der Waals surface area (Å²) in [5.74, 6) is 0.332. The number of ether oxygens (including phenoxy) is 1. The van der Waals surface area contributed by atoms with Crippen LogP contribution in [0.2, 0.25) is 0 Å². The lowest BCUT2D eigenvalue weighted by molar-refractivity contribution is 0.322. The van der Waals surface area contributed by atoms with E-state index in [2.05, 4.69) is 15.4 Å². The van der Waals surface area contributed by atoms with Crippen LogP contribution in [0.15, 0.2) is 18.5 Å². The second kappa shape index (κ2) is 5.55. The van der Waals surface area contributed by atoms with E-state index in [4.69, 9.17) is 10.5 Å². The molecule has 102 valence electrons. The van der Waals surface area contributed by atoms with Gasteiger partial charge >= 0.3 is 0 Å². The Hall–Kier alpha value is -2.31. The van der Waals surface area contributed by atoms with Gasteiger partial charge in [-0.05, 0) is 6.92 Å². The first-order chi connectivity index (χ1) is 9.10. The van der Waals surface area contributed by atoms with Gasteiger partial charge in [0.25, 0.3) is 0 Å². The topological polar surface area (TPSA) is 78.0 Å². The molecule has 6 nitrogen and oxygen atoms in total. The predicted molar refractivity (Wildman–Crippen MR) is 70.3 cm³/mol. The van der Waals surface area contributed by atoms with Crippen LogP contribution >= 0.6 is 0 Å². The number of hydrogen-bond donors (Lipinski definition) is 2. The lowest BCUT2D eigenvalue weighted by atomic mass is 10.2. The van der Waals surface area contributed by atoms with Crippen molar-refractivity contribution in [3.05, 3.63) is 30.1 Å². The van der Waals surface area contributed by atoms with Gasteiger partial charge in [-0.3, -0.25) is 4.68 Å². The minimum absolute atomic E-state index is 0.174. The minimum Gasteiger partial charge on any atom is -0.491 e. The Morgan fingerprint density at radius 3 is 2.89 bits per heavy atom. The molecule has 0 aliphatic heterocycles. The zero-order valence-electron chi connectivity index (χ0n) is 10.9. The van der Waals surface area contributed by atoms with E-state index in [-0.39, 0.29) is 5.75 Å². The highest BCUT2D eigenvalue weighted by Gasteiger charge is 2.09. The average Bonchev–Trinajstić information content (AvgIpc) is 2.77. The maximum atomic E-state index is 13.5. The fourth-order valence-electron chi connectivity index (χ4n) is 1.63. The van der Waals surface area contributed by atoms with E-state index < -0.39 is 5.82 Å². The van der Waals surface area contributed by atoms with Crippen LogP contribution in [0.3, 0.4) is 0 Å². The van der Waals surface area contributed by atoms with Crippen molar-refractivity contribution in [2.75, 3.05) is 17.7 Å². The van der Waals surface area contributed by atoms with E-state index in [1.54, 1.807) is 25.0 Å². The van der Waals surface area contributed by atoms with Crippen LogP contribution in [0.4, 0.5) is 15.8 Å². The van der Waals surface area contributed by atoms with Gasteiger partial charge in [-0.15, -0.1) is 0 Å². The first-order valence-electron chi connectivity index (χ1n) is 5.90. The maximum absolute atomic E-state index is 13.5. The molecule has 1 aromatic heterocycles. The molecule has 0 bridgehead atoms. The molecule has 0 aliphatic rings. The zero-order valence-corrected chi connectivity index (χ0v) is 10.9. The number of nitrogens with one attached hydrogen (secondary N) is 1. The third kappa shape index (κ3) is 3.12. The SMILES string of the molecule is CCOc1cc(NCc2ncn(C)n2)c(N)cc1F. The van der Waals surface area contributed by atoms with E-state index in [0.717, 1.165) is 0 Å². The van der Waals surface area contributed by atoms with Crippen molar-refractivity contribution in [3.8, 4) is 5.75 Å². The zero-order chi connectivity index (χ0) is 13.8. The molecule has 2 rings (SSSR count). The van der Waals surface area contributed by atoms with E-state index >= 15 is 0 Å². The lowest BCUT2D eigenvalue weighted by Crippen LogP contribution is -2.06. The molecule has 7 heteroatoms. The van der Waals surface area contributed by atoms with Crippen LogP contribution in [-0.2, 0) is 13.6 Å². The van der Waals surface area contributed by atoms with Crippen LogP contribution in [0.5, 0.6) is 5.75 Å². The monoisotopic (exact) mass is 265 g/mol. The molecule has 0 saturated carbocycles. The average molecular weight is 265 g/mol. The van der Waals surface area contributed by atoms with Crippen molar-refractivity contribution >= 4 is 11.4 Å². The van der Waals surface area contributed by atoms with Crippen molar-refractivity contribution in [1.29, 1.82) is 0 Å². The molecule has 0 saturated heterocycles. The van der Waals surface area contributed by atoms with Crippen molar-refractivity contribution < 1.29 is 9.13 Å². The van der Waals surface area contributed by atoms with Crippen molar-refractivity contribution in [3.63, 3.8) is 0 Å². The summed E-state index contributed by atoms with van der Waals surface area (Å²) in [5, 5.41) is 7.19. The van der Waals surface area contributed by atoms with Gasteiger partial charge in [0.2, 0.25) is 0 Å². The van der Waals surface area contributed by atoms with E-state index in [1.807, 2.05) is 0 Å². The Labute approximate surface area is 110 Å². The summed E-state index contributed by atoms with van der Waals surface area (Å²) in [6.45, 7) is 2.59. The van der Waals surface area contributed by atoms with Gasteiger partial charge in [0.1, 0.15) is 6.33 Å². The Bertz CT molecular complexity index is 569. The molecular weight excluding hydrogens is 249 g/mol. The predicted octanol–water partition coefficient (Wildman–Crippen LogP) is 1.55. The van der Waals surface area contributed by atoms with Gasteiger partial charge in [0.05, 0.1) is 24.5 Å². The second-order valence-corrected chi connectivity index (χ2v) is 3.99. The number of nitrogens with zero attached hydrogens (tertiary/aromatic N) is 3. The Morgan fingerprint density at radius 1 is 1.47 bits per heavy atom. The van der Waals surface area contributed by atoms with Crippen LogP contribution in [0.25, 0.3) is 0 Å². The summed E-state index contributed by atoms with van der Waals surface area (Å²) in [6, 6.07) is 2.77. The number of rotatable bonds is 5. The Morgan fingerprint density at radius 2 is 2.26 bits per heavy atom. The molecule has 0 aliphatic carbocycles. The van der Waals surface area contributed by atoms with Gasteiger partial charge in [0, 0.05) is 19.2 Å². The largest absolute Gasteiger partial charge is 0.491 e. The molecule has 2 aromatic rings. The van der Waals surface area contributed by atoms with Crippen LogP contribution in [-0.4, -0.2) is 21.4 Å². The minimum atomic E-state index is -0.471. The highest BCUT2D eigenvalue weighted by Crippen LogP contribution is 2.28. The quantitative estimate of drug-likeness (QED) is 0.802. The molecule has 19 heavy (non-hydrogen) atoms. The summed E-state index contributed by atoms with van der Waals surface area (Å²) in [7, 11) is 1.79. The summed E-state index contributed by atoms with van der Waals surface area (Å²) in [4.78, 5) is 4.08. The van der Waals surface area contributed by atoms with Crippen molar-refractivity contribution in [2.45, 2.75) is 13.5 Å². The highest BCUT2D eigenvalue weighted by molar-refractivity contribution is 5.68. The molecule has 1 aromatic carbocycles. The fourth-order valence-corrected chi connectivity index (χ4v) is 1.63. The standard InChI is InChI=1S/C12H16FN5O/c1-3-19-11-5-10(9(14)4-8(11)13)15-6-12-16-7-18(2)17-12/h4-5,7,15H,3,6,14H2,1-2H3. The number of benzene rings is 1. The number of aryl methyl sites for hydroxylation is 1. The molecule has 1 heterocycles. The normalized spacial score (nSPS) is 10.5. The molecule has 0 unspecified atom stereocenters. The van der Waals surface area contributed by atoms with Crippen LogP contribution < -0.4 is 15.8 Å². The summed E-state index contributed by atoms with van der Waals surface area (Å²) in [6.07, 6.45) is 1.61. The third-order valence-electron chi connectivity index (χ3n) is 2.49. The molecule has 0 atom stereocenters. The Balaban J connectivity index is 2.13. The first-order valence-corrected chi connectivity index (χ1v) is 5.90. The molecule has 0 fully saturated rings. The molecule has 0 amide bonds. The number of nitrogen functional groups attached to an aromatic ring is 1. The number of nitrogens with two attached hydrogens (primary N) is 1. The second-order valence-electron chi connectivity index (χ2n) is 3.99. The third-order valence-corrected chi connectivity index (χ3v) is 2.49. The lowest BCUT2D eigenvalue weighted by Gasteiger charge is -2.11. The van der Waals surface area contributed by atoms with E-state index in [9.17, 15) is 4.39 Å². The van der Waals surface area contributed by atoms with Gasteiger partial charge in [0.15, 0.2) is 17.4 Å². The van der Waals surface area contributed by atoms with Crippen molar-refractivity contribution in [1.82, 2.24) is 14.8 Å². The number of hydrogen-bond acceptors (Lipinski definition) is 5. The van der Waals surface area contributed by atoms with Gasteiger partial charge in [-0.1, -0.05) is 0 Å². The molecular formula is C12H16FN5O. The van der Waals surface area contributed by atoms with Gasteiger partial charge in [-0.2, -0.15) is 5.10 Å². The van der Waals surface area contributed by atoms with Gasteiger partial charge in [-0.25, -0.2) is 9.37 Å². The fraction of sp³-hybridized carbons (Fsp3) is 0.333. The molecule has 3 N–H and O–H groups in total. The van der Waals surface area contributed by atoms with Gasteiger partial charge < -0.3 is 15.8 Å². The highest BCUT2D eigenvalue weighted by atomic mass is 19.1. The van der Waals surface area contributed by atoms with Crippen LogP contribution in [0.1, 0.15) is 12.7 Å². The maximum Gasteiger partial charge on any atom is 0.169 e. The Kier molecular flexibility index (Phi) is 3.84. The number of anilines is 2. The molecule has 0 radical (unpaired) electrons. The number of halogens is 1. The summed E-state index contributed by atoms with van der Waals surface area (Å²) >= 11 is 0. The van der Waals surface area contributed by atoms with E-state index in [0.29, 0.717) is 30.4 Å². The summed E-state index contributed by atoms with van der Waals surface area (Å²) < 4.78 is 20.3. The number of aromatic nitrogens is 3. The van der Waals surface area contributed by atoms with E-state index in [1.165, 1.54) is 12.1 Å². The summed E-state index contributed by atoms with van der Waals surface area (Å²) in [5.41, 5.74) is 6.66. The first kappa shape index (κ1) is 13.1. The van der Waals surface area contributed by atoms with Crippen molar-refractivity contribution in [2.24, 2.45) is 7.05 Å². The molecule has 0 spiro atoms. The van der Waals surface area contributed by atoms with Crippen LogP contribution in [0, 0.1) is 5.82 Å². The smallest absolute Gasteiger partial charge is 0.169 e.